The van der Waals surface area contributed by atoms with E-state index in [1.54, 1.807) is 0 Å². The molecular formula is C4H9O4S. The van der Waals surface area contributed by atoms with Crippen LogP contribution in [0, 0.1) is 0 Å². The molecule has 0 aliphatic heterocycles. The highest BCUT2D eigenvalue weighted by Crippen LogP contribution is 1.93. The van der Waals surface area contributed by atoms with E-state index >= 15 is 0 Å². The zero-order chi connectivity index (χ0) is 7.49. The monoisotopic (exact) mass is 153 g/mol. The maximum absolute atomic E-state index is 10.2. The van der Waals surface area contributed by atoms with Crippen LogP contribution < -0.4 is 0 Å². The lowest BCUT2D eigenvalue weighted by Gasteiger charge is -1.96. The Kier molecular flexibility index (Phi) is 3.10. The van der Waals surface area contributed by atoms with Crippen LogP contribution >= 0.6 is 0 Å². The first-order chi connectivity index (χ1) is 3.92. The van der Waals surface area contributed by atoms with Gasteiger partial charge in [-0.3, -0.25) is 4.55 Å². The average molecular weight is 153 g/mol. The van der Waals surface area contributed by atoms with Gasteiger partial charge >= 0.3 is 0 Å². The van der Waals surface area contributed by atoms with E-state index in [1.807, 2.05) is 0 Å². The van der Waals surface area contributed by atoms with Crippen molar-refractivity contribution in [3.05, 3.63) is 0 Å². The van der Waals surface area contributed by atoms with Gasteiger partial charge in [-0.25, -0.2) is 5.11 Å². The Labute approximate surface area is 54.3 Å². The van der Waals surface area contributed by atoms with Crippen molar-refractivity contribution in [2.45, 2.75) is 19.4 Å². The summed E-state index contributed by atoms with van der Waals surface area (Å²) in [5.74, 6) is -0.433. The van der Waals surface area contributed by atoms with Gasteiger partial charge < -0.3 is 0 Å². The van der Waals surface area contributed by atoms with E-state index in [9.17, 15) is 13.5 Å². The first-order valence-corrected chi connectivity index (χ1v) is 4.14. The Morgan fingerprint density at radius 1 is 1.56 bits per heavy atom. The highest BCUT2D eigenvalue weighted by Gasteiger charge is 2.06. The third-order valence-corrected chi connectivity index (χ3v) is 1.53. The van der Waals surface area contributed by atoms with Crippen molar-refractivity contribution >= 4 is 10.1 Å². The average Bonchev–Trinajstić information content (AvgIpc) is 1.59. The van der Waals surface area contributed by atoms with Gasteiger partial charge in [-0.15, -0.1) is 0 Å². The summed E-state index contributed by atoms with van der Waals surface area (Å²) in [6, 6.07) is 0. The van der Waals surface area contributed by atoms with E-state index in [1.165, 1.54) is 6.92 Å². The van der Waals surface area contributed by atoms with E-state index in [-0.39, 0.29) is 6.42 Å². The van der Waals surface area contributed by atoms with Crippen LogP contribution in [0.5, 0.6) is 0 Å². The lowest BCUT2D eigenvalue weighted by atomic mass is 10.3. The quantitative estimate of drug-likeness (QED) is 0.583. The molecule has 1 unspecified atom stereocenters. The van der Waals surface area contributed by atoms with Crippen LogP contribution in [0.2, 0.25) is 0 Å². The van der Waals surface area contributed by atoms with E-state index < -0.39 is 22.0 Å². The molecule has 0 aliphatic rings. The van der Waals surface area contributed by atoms with Crippen LogP contribution in [-0.4, -0.2) is 24.8 Å². The number of hydrogen-bond acceptors (Lipinski definition) is 2. The molecule has 1 atom stereocenters. The Hall–Kier alpha value is -0.130. The second-order valence-corrected chi connectivity index (χ2v) is 3.46. The summed E-state index contributed by atoms with van der Waals surface area (Å²) in [6.45, 7) is 1.35. The van der Waals surface area contributed by atoms with Crippen LogP contribution in [-0.2, 0) is 15.2 Å². The fraction of sp³-hybridized carbons (Fsp3) is 1.00. The molecular weight excluding hydrogens is 144 g/mol. The number of hydrogen-bond donors (Lipinski definition) is 1. The molecule has 5 heteroatoms. The first kappa shape index (κ1) is 8.87. The van der Waals surface area contributed by atoms with Crippen LogP contribution in [0.4, 0.5) is 0 Å². The lowest BCUT2D eigenvalue weighted by Crippen LogP contribution is -2.09. The van der Waals surface area contributed by atoms with E-state index in [0.29, 0.717) is 0 Å². The molecule has 0 aliphatic carbocycles. The summed E-state index contributed by atoms with van der Waals surface area (Å²) in [7, 11) is -3.92. The smallest absolute Gasteiger partial charge is 0.264 e. The van der Waals surface area contributed by atoms with Crippen LogP contribution in [0.3, 0.4) is 0 Å². The third kappa shape index (κ3) is 7.87. The predicted molar refractivity (Wildman–Crippen MR) is 31.2 cm³/mol. The summed E-state index contributed by atoms with van der Waals surface area (Å²) in [5, 5.41) is 10.2. The molecule has 55 valence electrons. The Bertz CT molecular complexity index is 157. The number of rotatable bonds is 3. The van der Waals surface area contributed by atoms with Gasteiger partial charge in [-0.2, -0.15) is 8.42 Å². The minimum atomic E-state index is -3.92. The van der Waals surface area contributed by atoms with Crippen molar-refractivity contribution in [2.75, 3.05) is 5.75 Å². The molecule has 1 radical (unpaired) electrons. The van der Waals surface area contributed by atoms with Crippen molar-refractivity contribution in [2.24, 2.45) is 0 Å². The Morgan fingerprint density at radius 3 is 2.11 bits per heavy atom. The standard InChI is InChI=1S/C4H9O4S/c1-4(5)2-3-9(6,7)8/h4H,2-3H2,1H3,(H,6,7,8). The third-order valence-electron chi connectivity index (χ3n) is 0.782. The summed E-state index contributed by atoms with van der Waals surface area (Å²) in [5.41, 5.74) is 0. The highest BCUT2D eigenvalue weighted by atomic mass is 32.2. The summed E-state index contributed by atoms with van der Waals surface area (Å²) < 4.78 is 28.0. The van der Waals surface area contributed by atoms with Gasteiger partial charge in [0.1, 0.15) is 0 Å². The van der Waals surface area contributed by atoms with Gasteiger partial charge in [0.05, 0.1) is 11.9 Å². The molecule has 0 aromatic carbocycles. The maximum Gasteiger partial charge on any atom is 0.264 e. The van der Waals surface area contributed by atoms with E-state index in [0.717, 1.165) is 0 Å². The van der Waals surface area contributed by atoms with Crippen LogP contribution in [0.1, 0.15) is 13.3 Å². The SMILES string of the molecule is CC([O])CCS(=O)(=O)O. The Balaban J connectivity index is 3.53. The fourth-order valence-electron chi connectivity index (χ4n) is 0.315. The zero-order valence-corrected chi connectivity index (χ0v) is 5.89. The normalized spacial score (nSPS) is 15.4. The van der Waals surface area contributed by atoms with Crippen LogP contribution in [0.25, 0.3) is 0 Å². The highest BCUT2D eigenvalue weighted by molar-refractivity contribution is 7.85. The van der Waals surface area contributed by atoms with Crippen molar-refractivity contribution in [3.63, 3.8) is 0 Å². The molecule has 0 rings (SSSR count). The molecule has 0 fully saturated rings. The van der Waals surface area contributed by atoms with E-state index in [2.05, 4.69) is 0 Å². The fourth-order valence-corrected chi connectivity index (χ4v) is 0.945. The van der Waals surface area contributed by atoms with Gasteiger partial charge in [0.2, 0.25) is 0 Å². The predicted octanol–water partition coefficient (Wildman–Crippen LogP) is 0.0833. The van der Waals surface area contributed by atoms with Gasteiger partial charge in [-0.05, 0) is 13.3 Å². The topological polar surface area (TPSA) is 74.3 Å². The van der Waals surface area contributed by atoms with Crippen molar-refractivity contribution in [3.8, 4) is 0 Å². The van der Waals surface area contributed by atoms with Crippen LogP contribution in [0.15, 0.2) is 0 Å². The summed E-state index contributed by atoms with van der Waals surface area (Å²) in [4.78, 5) is 0. The zero-order valence-electron chi connectivity index (χ0n) is 5.07. The van der Waals surface area contributed by atoms with Crippen molar-refractivity contribution < 1.29 is 18.1 Å². The molecule has 4 nitrogen and oxygen atoms in total. The second-order valence-electron chi connectivity index (χ2n) is 1.89. The van der Waals surface area contributed by atoms with Gasteiger partial charge in [0.15, 0.2) is 0 Å². The molecule has 0 spiro atoms. The largest absolute Gasteiger partial charge is 0.286 e. The first-order valence-electron chi connectivity index (χ1n) is 2.53. The second kappa shape index (κ2) is 3.14. The maximum atomic E-state index is 10.2. The molecule has 0 amide bonds. The molecule has 0 bridgehead atoms. The lowest BCUT2D eigenvalue weighted by molar-refractivity contribution is 0.102. The minimum Gasteiger partial charge on any atom is -0.286 e. The molecule has 1 N–H and O–H groups in total. The van der Waals surface area contributed by atoms with Gasteiger partial charge in [0.25, 0.3) is 10.1 Å². The van der Waals surface area contributed by atoms with Gasteiger partial charge in [0, 0.05) is 0 Å². The molecule has 0 saturated heterocycles. The minimum absolute atomic E-state index is 0.0289. The summed E-state index contributed by atoms with van der Waals surface area (Å²) in [6.07, 6.45) is -0.953. The Morgan fingerprint density at radius 2 is 2.00 bits per heavy atom. The molecule has 0 aromatic rings. The summed E-state index contributed by atoms with van der Waals surface area (Å²) >= 11 is 0. The van der Waals surface area contributed by atoms with Crippen molar-refractivity contribution in [1.29, 1.82) is 0 Å². The molecule has 0 heterocycles. The molecule has 9 heavy (non-hydrogen) atoms. The van der Waals surface area contributed by atoms with Gasteiger partial charge in [-0.1, -0.05) is 0 Å². The van der Waals surface area contributed by atoms with E-state index in [4.69, 9.17) is 4.55 Å². The molecule has 0 aromatic heterocycles. The van der Waals surface area contributed by atoms with Crippen molar-refractivity contribution in [1.82, 2.24) is 0 Å². The molecule has 0 saturated carbocycles.